The van der Waals surface area contributed by atoms with E-state index in [0.717, 1.165) is 5.56 Å². The maximum Gasteiger partial charge on any atom is 0.487 e. The highest BCUT2D eigenvalue weighted by atomic mass is 35.5. The van der Waals surface area contributed by atoms with Crippen molar-refractivity contribution < 1.29 is 23.4 Å². The van der Waals surface area contributed by atoms with Crippen LogP contribution in [0.5, 0.6) is 5.75 Å². The van der Waals surface area contributed by atoms with E-state index in [2.05, 4.69) is 20.0 Å². The minimum absolute atomic E-state index is 0.0421. The number of aliphatic hydroxyl groups is 1. The number of anilines is 2. The van der Waals surface area contributed by atoms with Crippen LogP contribution in [-0.4, -0.2) is 46.2 Å². The molecule has 10 heteroatoms. The summed E-state index contributed by atoms with van der Waals surface area (Å²) in [6.07, 6.45) is 4.75. The molecule has 168 valence electrons. The Balaban J connectivity index is 1.87. The van der Waals surface area contributed by atoms with Crippen molar-refractivity contribution in [2.75, 3.05) is 29.9 Å². The Morgan fingerprint density at radius 1 is 1.25 bits per heavy atom. The number of halogens is 3. The average Bonchev–Trinajstić information content (AvgIpc) is 2.78. The van der Waals surface area contributed by atoms with E-state index in [1.165, 1.54) is 30.5 Å². The molecular formula is C22H21ClF2N4O3. The van der Waals surface area contributed by atoms with Gasteiger partial charge in [0.2, 0.25) is 0 Å². The lowest BCUT2D eigenvalue weighted by molar-refractivity contribution is -0.0964. The number of hydrogen-bond acceptors (Lipinski definition) is 6. The van der Waals surface area contributed by atoms with Crippen molar-refractivity contribution in [2.45, 2.75) is 12.5 Å². The number of nitrogens with one attached hydrogen (secondary N) is 1. The molecule has 0 aliphatic heterocycles. The van der Waals surface area contributed by atoms with Crippen LogP contribution in [0.1, 0.15) is 17.3 Å². The number of hydrogen-bond donors (Lipinski definition) is 2. The Bertz CT molecular complexity index is 1050. The lowest BCUT2D eigenvalue weighted by Gasteiger charge is -2.24. The van der Waals surface area contributed by atoms with E-state index in [0.29, 0.717) is 35.7 Å². The minimum atomic E-state index is -3.82. The van der Waals surface area contributed by atoms with Crippen LogP contribution in [0.25, 0.3) is 11.1 Å². The minimum Gasteiger partial charge on any atom is -0.420 e. The maximum absolute atomic E-state index is 12.8. The number of benzene rings is 1. The smallest absolute Gasteiger partial charge is 0.420 e. The number of amides is 1. The van der Waals surface area contributed by atoms with Crippen LogP contribution in [0.3, 0.4) is 0 Å². The van der Waals surface area contributed by atoms with Gasteiger partial charge in [-0.05, 0) is 43.3 Å². The summed E-state index contributed by atoms with van der Waals surface area (Å²) < 4.78 is 29.7. The van der Waals surface area contributed by atoms with E-state index < -0.39 is 11.5 Å². The first-order chi connectivity index (χ1) is 15.3. The summed E-state index contributed by atoms with van der Waals surface area (Å²) in [5.41, 5.74) is -1.69. The first kappa shape index (κ1) is 23.4. The molecule has 0 fully saturated rings. The predicted molar refractivity (Wildman–Crippen MR) is 118 cm³/mol. The fourth-order valence-corrected chi connectivity index (χ4v) is 3.14. The zero-order chi connectivity index (χ0) is 23.1. The second-order valence-corrected chi connectivity index (χ2v) is 7.11. The molecule has 0 saturated carbocycles. The normalized spacial score (nSPS) is 11.2. The van der Waals surface area contributed by atoms with E-state index in [1.54, 1.807) is 24.5 Å². The fraction of sp³-hybridized carbons (Fsp3) is 0.227. The molecule has 0 unspecified atom stereocenters. The zero-order valence-electron chi connectivity index (χ0n) is 17.1. The van der Waals surface area contributed by atoms with Crippen LogP contribution in [0, 0.1) is 0 Å². The second kappa shape index (κ2) is 10.3. The van der Waals surface area contributed by atoms with Crippen molar-refractivity contribution in [3.8, 4) is 16.9 Å². The molecule has 1 aromatic carbocycles. The Kier molecular flexibility index (Phi) is 7.55. The summed E-state index contributed by atoms with van der Waals surface area (Å²) in [4.78, 5) is 23.3. The molecule has 2 aromatic heterocycles. The number of ether oxygens (including phenoxy) is 1. The summed E-state index contributed by atoms with van der Waals surface area (Å²) >= 11 is 4.75. The molecule has 0 aliphatic rings. The van der Waals surface area contributed by atoms with Crippen molar-refractivity contribution >= 4 is 29.0 Å². The maximum atomic E-state index is 12.8. The number of alkyl halides is 3. The summed E-state index contributed by atoms with van der Waals surface area (Å²) in [7, 11) is 0. The van der Waals surface area contributed by atoms with Gasteiger partial charge in [0.05, 0.1) is 12.2 Å². The van der Waals surface area contributed by atoms with Gasteiger partial charge in [0.25, 0.3) is 5.91 Å². The number of carbonyl (C=O) groups excluding carboxylic acids is 1. The average molecular weight is 463 g/mol. The number of likely N-dealkylation sites (N-methyl/N-ethyl adjacent to an activating group) is 1. The third-order valence-corrected chi connectivity index (χ3v) is 4.58. The van der Waals surface area contributed by atoms with Crippen LogP contribution in [0.4, 0.5) is 20.3 Å². The molecule has 0 saturated heterocycles. The first-order valence-corrected chi connectivity index (χ1v) is 10.1. The number of aromatic nitrogens is 2. The van der Waals surface area contributed by atoms with Crippen molar-refractivity contribution in [1.29, 1.82) is 0 Å². The molecule has 1 amide bonds. The van der Waals surface area contributed by atoms with Gasteiger partial charge in [-0.2, -0.15) is 0 Å². The molecule has 0 atom stereocenters. The molecule has 0 spiro atoms. The summed E-state index contributed by atoms with van der Waals surface area (Å²) in [6.45, 7) is 2.90. The lowest BCUT2D eigenvalue weighted by Crippen LogP contribution is -2.28. The molecule has 3 aromatic rings. The van der Waals surface area contributed by atoms with E-state index in [1.807, 2.05) is 17.9 Å². The lowest BCUT2D eigenvalue weighted by atomic mass is 10.1. The van der Waals surface area contributed by atoms with Gasteiger partial charge in [-0.15, -0.1) is 8.78 Å². The molecule has 0 aliphatic carbocycles. The summed E-state index contributed by atoms with van der Waals surface area (Å²) in [6, 6.07) is 10.7. The molecule has 32 heavy (non-hydrogen) atoms. The second-order valence-electron chi connectivity index (χ2n) is 6.67. The van der Waals surface area contributed by atoms with Gasteiger partial charge in [0.1, 0.15) is 11.6 Å². The molecule has 0 bridgehead atoms. The van der Waals surface area contributed by atoms with Crippen molar-refractivity contribution in [2.24, 2.45) is 0 Å². The van der Waals surface area contributed by atoms with Gasteiger partial charge in [-0.1, -0.05) is 6.07 Å². The van der Waals surface area contributed by atoms with Crippen LogP contribution in [-0.2, 0) is 0 Å². The van der Waals surface area contributed by atoms with Crippen LogP contribution in [0.2, 0.25) is 0 Å². The SMILES string of the molecule is CCN(CCO)c1ncc(C(=O)Nc2ccc(OC(F)(F)Cl)cc2)cc1-c1cccnc1. The van der Waals surface area contributed by atoms with E-state index in [-0.39, 0.29) is 12.4 Å². The topological polar surface area (TPSA) is 87.6 Å². The van der Waals surface area contributed by atoms with E-state index >= 15 is 0 Å². The highest BCUT2D eigenvalue weighted by Crippen LogP contribution is 2.30. The predicted octanol–water partition coefficient (Wildman–Crippen LogP) is 4.38. The Hall–Kier alpha value is -3.30. The van der Waals surface area contributed by atoms with Gasteiger partial charge in [-0.25, -0.2) is 4.98 Å². The number of aliphatic hydroxyl groups excluding tert-OH is 1. The molecule has 2 heterocycles. The molecule has 7 nitrogen and oxygen atoms in total. The summed E-state index contributed by atoms with van der Waals surface area (Å²) in [5, 5.41) is 12.1. The van der Waals surface area contributed by atoms with Gasteiger partial charge in [-0.3, -0.25) is 9.78 Å². The van der Waals surface area contributed by atoms with Crippen molar-refractivity contribution in [3.05, 3.63) is 66.6 Å². The third-order valence-electron chi connectivity index (χ3n) is 4.50. The van der Waals surface area contributed by atoms with Crippen LogP contribution in [0.15, 0.2) is 61.1 Å². The van der Waals surface area contributed by atoms with Crippen LogP contribution >= 0.6 is 11.6 Å². The van der Waals surface area contributed by atoms with Gasteiger partial charge in [0.15, 0.2) is 0 Å². The third kappa shape index (κ3) is 6.12. The number of pyridine rings is 2. The first-order valence-electron chi connectivity index (χ1n) is 9.74. The fourth-order valence-electron chi connectivity index (χ4n) is 3.05. The standard InChI is InChI=1S/C22H21ClF2N4O3/c1-2-29(10-11-30)20-19(15-4-3-9-26-13-15)12-16(14-27-20)21(31)28-17-5-7-18(8-6-17)32-22(23,24)25/h3-9,12-14,30H,2,10-11H2,1H3,(H,28,31). The quantitative estimate of drug-likeness (QED) is 0.459. The molecular weight excluding hydrogens is 442 g/mol. The van der Waals surface area contributed by atoms with E-state index in [4.69, 9.17) is 11.6 Å². The van der Waals surface area contributed by atoms with Gasteiger partial charge in [0, 0.05) is 60.1 Å². The van der Waals surface area contributed by atoms with E-state index in [9.17, 15) is 18.7 Å². The highest BCUT2D eigenvalue weighted by molar-refractivity contribution is 6.20. The largest absolute Gasteiger partial charge is 0.487 e. The van der Waals surface area contributed by atoms with Crippen molar-refractivity contribution in [1.82, 2.24) is 9.97 Å². The Labute approximate surface area is 188 Å². The zero-order valence-corrected chi connectivity index (χ0v) is 17.9. The van der Waals surface area contributed by atoms with Crippen molar-refractivity contribution in [3.63, 3.8) is 0 Å². The monoisotopic (exact) mass is 462 g/mol. The highest BCUT2D eigenvalue weighted by Gasteiger charge is 2.27. The number of rotatable bonds is 9. The van der Waals surface area contributed by atoms with Gasteiger partial charge < -0.3 is 20.1 Å². The molecule has 3 rings (SSSR count). The Morgan fingerprint density at radius 2 is 2.00 bits per heavy atom. The summed E-state index contributed by atoms with van der Waals surface area (Å²) in [5.74, 6) is 0.0433. The van der Waals surface area contributed by atoms with Gasteiger partial charge >= 0.3 is 5.57 Å². The molecule has 2 N–H and O–H groups in total. The Morgan fingerprint density at radius 3 is 2.59 bits per heavy atom. The molecule has 0 radical (unpaired) electrons. The number of nitrogens with zero attached hydrogens (tertiary/aromatic N) is 3. The number of carbonyl (C=O) groups is 1. The van der Waals surface area contributed by atoms with Crippen LogP contribution < -0.4 is 15.0 Å².